The van der Waals surface area contributed by atoms with E-state index in [9.17, 15) is 10.1 Å². The normalized spacial score (nSPS) is 9.94. The highest BCUT2D eigenvalue weighted by Crippen LogP contribution is 2.29. The zero-order valence-electron chi connectivity index (χ0n) is 9.16. The van der Waals surface area contributed by atoms with Gasteiger partial charge < -0.3 is 4.74 Å². The minimum Gasteiger partial charge on any atom is -0.497 e. The first kappa shape index (κ1) is 11.1. The maximum Gasteiger partial charge on any atom is 0.295 e. The van der Waals surface area contributed by atoms with E-state index < -0.39 is 4.92 Å². The molecule has 0 radical (unpaired) electrons. The summed E-state index contributed by atoms with van der Waals surface area (Å²) in [4.78, 5) is 14.2. The second-order valence-corrected chi connectivity index (χ2v) is 3.38. The summed E-state index contributed by atoms with van der Waals surface area (Å²) in [5, 5.41) is 10.9. The van der Waals surface area contributed by atoms with Gasteiger partial charge in [0.2, 0.25) is 0 Å². The minimum absolute atomic E-state index is 0.00216. The Morgan fingerprint density at radius 2 is 1.94 bits per heavy atom. The molecule has 0 bridgehead atoms. The molecule has 0 atom stereocenters. The van der Waals surface area contributed by atoms with Gasteiger partial charge in [-0.1, -0.05) is 12.1 Å². The summed E-state index contributed by atoms with van der Waals surface area (Å²) in [6, 6.07) is 8.71. The van der Waals surface area contributed by atoms with Crippen molar-refractivity contribution in [3.05, 3.63) is 52.8 Å². The second-order valence-electron chi connectivity index (χ2n) is 3.38. The van der Waals surface area contributed by atoms with Crippen LogP contribution in [-0.2, 0) is 0 Å². The molecule has 0 aliphatic heterocycles. The predicted octanol–water partition coefficient (Wildman–Crippen LogP) is 2.67. The van der Waals surface area contributed by atoms with Gasteiger partial charge in [-0.25, -0.2) is 0 Å². The second kappa shape index (κ2) is 4.61. The van der Waals surface area contributed by atoms with Gasteiger partial charge in [-0.3, -0.25) is 15.1 Å². The van der Waals surface area contributed by atoms with E-state index in [1.807, 2.05) is 0 Å². The van der Waals surface area contributed by atoms with Crippen LogP contribution in [0.25, 0.3) is 11.1 Å². The van der Waals surface area contributed by atoms with Crippen LogP contribution in [-0.4, -0.2) is 17.0 Å². The van der Waals surface area contributed by atoms with E-state index in [1.165, 1.54) is 12.4 Å². The van der Waals surface area contributed by atoms with Crippen molar-refractivity contribution < 1.29 is 9.66 Å². The van der Waals surface area contributed by atoms with Crippen LogP contribution in [0.3, 0.4) is 0 Å². The molecule has 0 fully saturated rings. The average Bonchev–Trinajstić information content (AvgIpc) is 2.39. The number of rotatable bonds is 3. The third kappa shape index (κ3) is 2.23. The number of ether oxygens (including phenoxy) is 1. The lowest BCUT2D eigenvalue weighted by Crippen LogP contribution is -1.92. The summed E-state index contributed by atoms with van der Waals surface area (Å²) in [5.74, 6) is 0.713. The quantitative estimate of drug-likeness (QED) is 0.600. The highest BCUT2D eigenvalue weighted by Gasteiger charge is 2.14. The molecule has 0 N–H and O–H groups in total. The number of hydrogen-bond donors (Lipinski definition) is 0. The van der Waals surface area contributed by atoms with Crippen molar-refractivity contribution in [2.75, 3.05) is 7.11 Å². The number of nitrogens with zero attached hydrogens (tertiary/aromatic N) is 2. The first-order chi connectivity index (χ1) is 8.22. The monoisotopic (exact) mass is 230 g/mol. The summed E-state index contributed by atoms with van der Waals surface area (Å²) in [6.07, 6.45) is 2.78. The van der Waals surface area contributed by atoms with Crippen LogP contribution in [0.1, 0.15) is 0 Å². The first-order valence-corrected chi connectivity index (χ1v) is 4.95. The zero-order chi connectivity index (χ0) is 12.3. The largest absolute Gasteiger partial charge is 0.497 e. The predicted molar refractivity (Wildman–Crippen MR) is 62.9 cm³/mol. The number of pyridine rings is 1. The molecule has 17 heavy (non-hydrogen) atoms. The Morgan fingerprint density at radius 1 is 1.24 bits per heavy atom. The van der Waals surface area contributed by atoms with Crippen molar-refractivity contribution in [3.8, 4) is 16.9 Å². The fourth-order valence-electron chi connectivity index (χ4n) is 1.55. The fraction of sp³-hybridized carbons (Fsp3) is 0.0833. The number of benzene rings is 1. The molecule has 0 amide bonds. The van der Waals surface area contributed by atoms with Crippen molar-refractivity contribution in [3.63, 3.8) is 0 Å². The van der Waals surface area contributed by atoms with Crippen molar-refractivity contribution in [1.29, 1.82) is 0 Å². The topological polar surface area (TPSA) is 65.3 Å². The summed E-state index contributed by atoms with van der Waals surface area (Å²) in [5.41, 5.74) is 1.31. The van der Waals surface area contributed by atoms with Crippen LogP contribution in [0.2, 0.25) is 0 Å². The fourth-order valence-corrected chi connectivity index (χ4v) is 1.55. The SMILES string of the molecule is COc1ccc(-c2ccncc2[N+](=O)[O-])cc1. The smallest absolute Gasteiger partial charge is 0.295 e. The Hall–Kier alpha value is -2.43. The number of aromatic nitrogens is 1. The third-order valence-corrected chi connectivity index (χ3v) is 2.40. The molecule has 1 aromatic heterocycles. The lowest BCUT2D eigenvalue weighted by Gasteiger charge is -2.04. The van der Waals surface area contributed by atoms with E-state index >= 15 is 0 Å². The van der Waals surface area contributed by atoms with Crippen LogP contribution in [0, 0.1) is 10.1 Å². The van der Waals surface area contributed by atoms with Gasteiger partial charge in [-0.05, 0) is 23.8 Å². The van der Waals surface area contributed by atoms with E-state index in [1.54, 1.807) is 37.4 Å². The molecule has 0 aliphatic rings. The molecular formula is C12H10N2O3. The zero-order valence-corrected chi connectivity index (χ0v) is 9.16. The Morgan fingerprint density at radius 3 is 2.53 bits per heavy atom. The molecule has 86 valence electrons. The van der Waals surface area contributed by atoms with E-state index in [0.717, 1.165) is 5.56 Å². The van der Waals surface area contributed by atoms with Gasteiger partial charge >= 0.3 is 0 Å². The van der Waals surface area contributed by atoms with Gasteiger partial charge in [-0.2, -0.15) is 0 Å². The molecular weight excluding hydrogens is 220 g/mol. The number of hydrogen-bond acceptors (Lipinski definition) is 4. The molecule has 0 saturated carbocycles. The van der Waals surface area contributed by atoms with Gasteiger partial charge in [0.15, 0.2) is 0 Å². The number of nitro groups is 1. The Kier molecular flexibility index (Phi) is 3.00. The van der Waals surface area contributed by atoms with Gasteiger partial charge in [-0.15, -0.1) is 0 Å². The summed E-state index contributed by atoms with van der Waals surface area (Å²) >= 11 is 0. The third-order valence-electron chi connectivity index (χ3n) is 2.40. The molecule has 0 saturated heterocycles. The Bertz CT molecular complexity index is 538. The van der Waals surface area contributed by atoms with E-state index in [0.29, 0.717) is 11.3 Å². The lowest BCUT2D eigenvalue weighted by molar-refractivity contribution is -0.384. The molecule has 0 spiro atoms. The van der Waals surface area contributed by atoms with Gasteiger partial charge in [0.05, 0.1) is 17.6 Å². The summed E-state index contributed by atoms with van der Waals surface area (Å²) in [6.45, 7) is 0. The summed E-state index contributed by atoms with van der Waals surface area (Å²) < 4.78 is 5.04. The maximum absolute atomic E-state index is 10.9. The number of methoxy groups -OCH3 is 1. The summed E-state index contributed by atoms with van der Waals surface area (Å²) in [7, 11) is 1.57. The molecule has 0 unspecified atom stereocenters. The maximum atomic E-state index is 10.9. The lowest BCUT2D eigenvalue weighted by atomic mass is 10.1. The van der Waals surface area contributed by atoms with Crippen LogP contribution >= 0.6 is 0 Å². The van der Waals surface area contributed by atoms with Gasteiger partial charge in [0, 0.05) is 6.20 Å². The minimum atomic E-state index is -0.438. The van der Waals surface area contributed by atoms with Crippen LogP contribution in [0.15, 0.2) is 42.7 Å². The highest BCUT2D eigenvalue weighted by atomic mass is 16.6. The molecule has 2 aromatic rings. The van der Waals surface area contributed by atoms with E-state index in [4.69, 9.17) is 4.74 Å². The molecule has 2 rings (SSSR count). The van der Waals surface area contributed by atoms with Crippen LogP contribution < -0.4 is 4.74 Å². The van der Waals surface area contributed by atoms with Gasteiger partial charge in [0.25, 0.3) is 5.69 Å². The highest BCUT2D eigenvalue weighted by molar-refractivity contribution is 5.72. The Labute approximate surface area is 97.8 Å². The molecule has 5 heteroatoms. The average molecular weight is 230 g/mol. The van der Waals surface area contributed by atoms with Crippen LogP contribution in [0.4, 0.5) is 5.69 Å². The van der Waals surface area contributed by atoms with Crippen molar-refractivity contribution in [2.24, 2.45) is 0 Å². The van der Waals surface area contributed by atoms with Crippen molar-refractivity contribution >= 4 is 5.69 Å². The van der Waals surface area contributed by atoms with Crippen LogP contribution in [0.5, 0.6) is 5.75 Å². The van der Waals surface area contributed by atoms with E-state index in [-0.39, 0.29) is 5.69 Å². The first-order valence-electron chi connectivity index (χ1n) is 4.95. The van der Waals surface area contributed by atoms with Crippen molar-refractivity contribution in [2.45, 2.75) is 0 Å². The van der Waals surface area contributed by atoms with Gasteiger partial charge in [0.1, 0.15) is 11.9 Å². The molecule has 1 heterocycles. The molecule has 1 aromatic carbocycles. The molecule has 5 nitrogen and oxygen atoms in total. The van der Waals surface area contributed by atoms with E-state index in [2.05, 4.69) is 4.98 Å². The standard InChI is InChI=1S/C12H10N2O3/c1-17-10-4-2-9(3-5-10)11-6-7-13-8-12(11)14(15)16/h2-8H,1H3. The molecule has 0 aliphatic carbocycles. The van der Waals surface area contributed by atoms with Crippen molar-refractivity contribution in [1.82, 2.24) is 4.98 Å². The Balaban J connectivity index is 2.48.